The largest absolute Gasteiger partial charge is 0.496 e. The fourth-order valence-corrected chi connectivity index (χ4v) is 3.24. The Labute approximate surface area is 172 Å². The van der Waals surface area contributed by atoms with E-state index in [-0.39, 0.29) is 11.3 Å². The van der Waals surface area contributed by atoms with Gasteiger partial charge in [0.05, 0.1) is 30.7 Å². The SMILES string of the molecule is COc1ccccc1C(=O)Nc1ccc2c(=O)cc(-c3ccccc3OC)oc2c1. The van der Waals surface area contributed by atoms with E-state index in [9.17, 15) is 9.59 Å². The fraction of sp³-hybridized carbons (Fsp3) is 0.0833. The second-order valence-electron chi connectivity index (χ2n) is 6.54. The second kappa shape index (κ2) is 8.13. The third-order valence-electron chi connectivity index (χ3n) is 4.71. The van der Waals surface area contributed by atoms with Crippen molar-refractivity contribution in [3.63, 3.8) is 0 Å². The lowest BCUT2D eigenvalue weighted by Crippen LogP contribution is -2.13. The van der Waals surface area contributed by atoms with Gasteiger partial charge in [-0.1, -0.05) is 24.3 Å². The Morgan fingerprint density at radius 2 is 1.57 bits per heavy atom. The quantitative estimate of drug-likeness (QED) is 0.523. The Morgan fingerprint density at radius 1 is 0.867 bits per heavy atom. The highest BCUT2D eigenvalue weighted by molar-refractivity contribution is 6.06. The van der Waals surface area contributed by atoms with Gasteiger partial charge >= 0.3 is 0 Å². The molecule has 0 unspecified atom stereocenters. The number of anilines is 1. The normalized spacial score (nSPS) is 10.6. The molecule has 0 spiro atoms. The summed E-state index contributed by atoms with van der Waals surface area (Å²) < 4.78 is 16.6. The number of carbonyl (C=O) groups excluding carboxylic acids is 1. The van der Waals surface area contributed by atoms with Gasteiger partial charge in [-0.05, 0) is 36.4 Å². The first kappa shape index (κ1) is 19.3. The van der Waals surface area contributed by atoms with Crippen LogP contribution in [0.1, 0.15) is 10.4 Å². The molecule has 0 saturated heterocycles. The smallest absolute Gasteiger partial charge is 0.259 e. The standard InChI is InChI=1S/C24H19NO5/c1-28-20-9-5-3-7-17(20)23-14-19(26)16-12-11-15(13-22(16)30-23)25-24(27)18-8-4-6-10-21(18)29-2/h3-14H,1-2H3,(H,25,27). The number of fused-ring (bicyclic) bond motifs is 1. The van der Waals surface area contributed by atoms with Crippen LogP contribution in [0, 0.1) is 0 Å². The van der Waals surface area contributed by atoms with Crippen LogP contribution in [0.3, 0.4) is 0 Å². The molecule has 0 fully saturated rings. The highest BCUT2D eigenvalue weighted by Crippen LogP contribution is 2.31. The van der Waals surface area contributed by atoms with E-state index >= 15 is 0 Å². The molecule has 4 aromatic rings. The maximum atomic E-state index is 12.7. The Hall–Kier alpha value is -4.06. The summed E-state index contributed by atoms with van der Waals surface area (Å²) in [6.45, 7) is 0. The number of para-hydroxylation sites is 2. The number of methoxy groups -OCH3 is 2. The summed E-state index contributed by atoms with van der Waals surface area (Å²) in [6, 6.07) is 20.6. The van der Waals surface area contributed by atoms with Crippen molar-refractivity contribution in [2.45, 2.75) is 0 Å². The molecule has 150 valence electrons. The number of amides is 1. The first-order valence-corrected chi connectivity index (χ1v) is 9.26. The Balaban J connectivity index is 1.73. The molecule has 30 heavy (non-hydrogen) atoms. The Morgan fingerprint density at radius 3 is 2.33 bits per heavy atom. The van der Waals surface area contributed by atoms with Crippen LogP contribution >= 0.6 is 0 Å². The maximum Gasteiger partial charge on any atom is 0.259 e. The molecule has 0 bridgehead atoms. The number of hydrogen-bond acceptors (Lipinski definition) is 5. The van der Waals surface area contributed by atoms with Crippen LogP contribution in [0.5, 0.6) is 11.5 Å². The van der Waals surface area contributed by atoms with Crippen LogP contribution in [0.15, 0.2) is 82.0 Å². The number of hydrogen-bond donors (Lipinski definition) is 1. The summed E-state index contributed by atoms with van der Waals surface area (Å²) >= 11 is 0. The van der Waals surface area contributed by atoms with E-state index in [0.29, 0.717) is 45.0 Å². The molecular formula is C24H19NO5. The highest BCUT2D eigenvalue weighted by Gasteiger charge is 2.14. The van der Waals surface area contributed by atoms with Crippen LogP contribution in [-0.4, -0.2) is 20.1 Å². The van der Waals surface area contributed by atoms with E-state index < -0.39 is 0 Å². The van der Waals surface area contributed by atoms with Gasteiger partial charge in [0, 0.05) is 17.8 Å². The van der Waals surface area contributed by atoms with Crippen molar-refractivity contribution in [2.24, 2.45) is 0 Å². The van der Waals surface area contributed by atoms with Gasteiger partial charge in [-0.3, -0.25) is 9.59 Å². The first-order valence-electron chi connectivity index (χ1n) is 9.26. The van der Waals surface area contributed by atoms with Crippen molar-refractivity contribution >= 4 is 22.6 Å². The number of ether oxygens (including phenoxy) is 2. The molecule has 1 N–H and O–H groups in total. The van der Waals surface area contributed by atoms with Gasteiger partial charge in [0.2, 0.25) is 0 Å². The van der Waals surface area contributed by atoms with Crippen molar-refractivity contribution in [3.05, 3.63) is 88.6 Å². The van der Waals surface area contributed by atoms with E-state index in [1.807, 2.05) is 18.2 Å². The average Bonchev–Trinajstić information content (AvgIpc) is 2.78. The van der Waals surface area contributed by atoms with Crippen LogP contribution < -0.4 is 20.2 Å². The van der Waals surface area contributed by atoms with Gasteiger partial charge in [-0.25, -0.2) is 0 Å². The number of carbonyl (C=O) groups is 1. The van der Waals surface area contributed by atoms with Gasteiger partial charge in [0.1, 0.15) is 22.8 Å². The van der Waals surface area contributed by atoms with Crippen LogP contribution in [0.25, 0.3) is 22.3 Å². The molecule has 0 aliphatic carbocycles. The van der Waals surface area contributed by atoms with Crippen molar-refractivity contribution in [2.75, 3.05) is 19.5 Å². The van der Waals surface area contributed by atoms with E-state index in [2.05, 4.69) is 5.32 Å². The van der Waals surface area contributed by atoms with Crippen LogP contribution in [0.2, 0.25) is 0 Å². The third kappa shape index (κ3) is 3.63. The molecule has 0 aliphatic rings. The summed E-state index contributed by atoms with van der Waals surface area (Å²) in [5, 5.41) is 3.24. The zero-order valence-electron chi connectivity index (χ0n) is 16.5. The van der Waals surface area contributed by atoms with Crippen LogP contribution in [0.4, 0.5) is 5.69 Å². The molecule has 3 aromatic carbocycles. The van der Waals surface area contributed by atoms with Crippen LogP contribution in [-0.2, 0) is 0 Å². The molecular weight excluding hydrogens is 382 g/mol. The third-order valence-corrected chi connectivity index (χ3v) is 4.71. The zero-order chi connectivity index (χ0) is 21.1. The molecule has 6 nitrogen and oxygen atoms in total. The van der Waals surface area contributed by atoms with Crippen molar-refractivity contribution in [1.82, 2.24) is 0 Å². The second-order valence-corrected chi connectivity index (χ2v) is 6.54. The van der Waals surface area contributed by atoms with Gasteiger partial charge in [0.25, 0.3) is 5.91 Å². The van der Waals surface area contributed by atoms with Gasteiger partial charge in [-0.15, -0.1) is 0 Å². The van der Waals surface area contributed by atoms with Crippen molar-refractivity contribution < 1.29 is 18.7 Å². The summed E-state index contributed by atoms with van der Waals surface area (Å²) in [4.78, 5) is 25.3. The summed E-state index contributed by atoms with van der Waals surface area (Å²) in [5.74, 6) is 1.13. The van der Waals surface area contributed by atoms with Gasteiger partial charge in [-0.2, -0.15) is 0 Å². The predicted octanol–water partition coefficient (Wildman–Crippen LogP) is 4.73. The zero-order valence-corrected chi connectivity index (χ0v) is 16.5. The lowest BCUT2D eigenvalue weighted by Gasteiger charge is -2.10. The molecule has 0 atom stereocenters. The van der Waals surface area contributed by atoms with E-state index in [0.717, 1.165) is 0 Å². The van der Waals surface area contributed by atoms with E-state index in [1.54, 1.807) is 55.6 Å². The Kier molecular flexibility index (Phi) is 5.22. The molecule has 0 saturated carbocycles. The van der Waals surface area contributed by atoms with Gasteiger partial charge in [0.15, 0.2) is 5.43 Å². The number of benzene rings is 3. The topological polar surface area (TPSA) is 77.8 Å². The highest BCUT2D eigenvalue weighted by atomic mass is 16.5. The van der Waals surface area contributed by atoms with Crippen molar-refractivity contribution in [1.29, 1.82) is 0 Å². The summed E-state index contributed by atoms with van der Waals surface area (Å²) in [7, 11) is 3.07. The van der Waals surface area contributed by atoms with E-state index in [1.165, 1.54) is 13.2 Å². The summed E-state index contributed by atoms with van der Waals surface area (Å²) in [5.41, 5.74) is 1.76. The molecule has 1 amide bonds. The summed E-state index contributed by atoms with van der Waals surface area (Å²) in [6.07, 6.45) is 0. The number of rotatable bonds is 5. The van der Waals surface area contributed by atoms with E-state index in [4.69, 9.17) is 13.9 Å². The Bertz CT molecular complexity index is 1290. The minimum atomic E-state index is -0.324. The first-order chi connectivity index (χ1) is 14.6. The maximum absolute atomic E-state index is 12.7. The molecule has 4 rings (SSSR count). The minimum Gasteiger partial charge on any atom is -0.496 e. The minimum absolute atomic E-state index is 0.181. The lowest BCUT2D eigenvalue weighted by molar-refractivity contribution is 0.102. The molecule has 6 heteroatoms. The van der Waals surface area contributed by atoms with Gasteiger partial charge < -0.3 is 19.2 Å². The fourth-order valence-electron chi connectivity index (χ4n) is 3.24. The predicted molar refractivity (Wildman–Crippen MR) is 115 cm³/mol. The molecule has 0 aliphatic heterocycles. The molecule has 1 aromatic heterocycles. The molecule has 0 radical (unpaired) electrons. The molecule has 1 heterocycles. The lowest BCUT2D eigenvalue weighted by atomic mass is 10.1. The van der Waals surface area contributed by atoms with Crippen molar-refractivity contribution in [3.8, 4) is 22.8 Å². The monoisotopic (exact) mass is 401 g/mol. The average molecular weight is 401 g/mol. The number of nitrogens with one attached hydrogen (secondary N) is 1.